The highest BCUT2D eigenvalue weighted by Gasteiger charge is 2.35. The summed E-state index contributed by atoms with van der Waals surface area (Å²) in [5.41, 5.74) is 1.60. The van der Waals surface area contributed by atoms with Crippen LogP contribution in [-0.4, -0.2) is 23.0 Å². The van der Waals surface area contributed by atoms with Crippen LogP contribution in [0.3, 0.4) is 0 Å². The van der Waals surface area contributed by atoms with Gasteiger partial charge in [0, 0.05) is 17.4 Å². The Hall–Kier alpha value is -2.06. The second-order valence-corrected chi connectivity index (χ2v) is 10.1. The molecule has 0 radical (unpaired) electrons. The predicted molar refractivity (Wildman–Crippen MR) is 116 cm³/mol. The lowest BCUT2D eigenvalue weighted by Gasteiger charge is -2.34. The fourth-order valence-electron chi connectivity index (χ4n) is 3.49. The third-order valence-electron chi connectivity index (χ3n) is 4.85. The zero-order valence-corrected chi connectivity index (χ0v) is 18.7. The number of carboxylic acids is 1. The molecule has 0 fully saturated rings. The summed E-state index contributed by atoms with van der Waals surface area (Å²) in [6.45, 7) is 14.1. The molecule has 1 aromatic heterocycles. The summed E-state index contributed by atoms with van der Waals surface area (Å²) < 4.78 is 0. The zero-order chi connectivity index (χ0) is 21.2. The molecule has 1 N–H and O–H groups in total. The van der Waals surface area contributed by atoms with E-state index in [0.717, 1.165) is 17.8 Å². The topological polar surface area (TPSA) is 57.6 Å². The molecule has 28 heavy (non-hydrogen) atoms. The van der Waals surface area contributed by atoms with Crippen LogP contribution in [0.5, 0.6) is 0 Å². The van der Waals surface area contributed by atoms with Gasteiger partial charge in [-0.25, -0.2) is 4.79 Å². The molecule has 0 saturated carbocycles. The molecule has 2 atom stereocenters. The fourth-order valence-corrected chi connectivity index (χ4v) is 4.33. The van der Waals surface area contributed by atoms with E-state index in [2.05, 4.69) is 31.8 Å². The number of hydrogen-bond donors (Lipinski definition) is 1. The number of carboxylic acid groups (broad SMARTS) is 1. The molecular weight excluding hydrogens is 370 g/mol. The van der Waals surface area contributed by atoms with Gasteiger partial charge in [-0.1, -0.05) is 30.4 Å². The summed E-state index contributed by atoms with van der Waals surface area (Å²) in [4.78, 5) is 27.8. The summed E-state index contributed by atoms with van der Waals surface area (Å²) in [5.74, 6) is 5.33. The Labute approximate surface area is 172 Å². The van der Waals surface area contributed by atoms with Crippen LogP contribution < -0.4 is 4.90 Å². The first-order valence-electron chi connectivity index (χ1n) is 9.79. The van der Waals surface area contributed by atoms with E-state index >= 15 is 0 Å². The Bertz CT molecular complexity index is 845. The maximum Gasteiger partial charge on any atom is 0.348 e. The minimum Gasteiger partial charge on any atom is -0.477 e. The van der Waals surface area contributed by atoms with Gasteiger partial charge < -0.3 is 10.0 Å². The van der Waals surface area contributed by atoms with Crippen LogP contribution in [0.15, 0.2) is 17.7 Å². The molecule has 1 aromatic rings. The average Bonchev–Trinajstić information content (AvgIpc) is 2.96. The number of hydrogen-bond acceptors (Lipinski definition) is 3. The minimum atomic E-state index is -1.02. The molecule has 0 spiro atoms. The Morgan fingerprint density at radius 1 is 1.32 bits per heavy atom. The van der Waals surface area contributed by atoms with Crippen molar-refractivity contribution in [3.8, 4) is 11.8 Å². The third kappa shape index (κ3) is 5.26. The maximum atomic E-state index is 13.4. The first kappa shape index (κ1) is 22.2. The number of anilines is 1. The smallest absolute Gasteiger partial charge is 0.348 e. The van der Waals surface area contributed by atoms with Crippen molar-refractivity contribution in [2.75, 3.05) is 4.90 Å². The number of carbonyl (C=O) groups excluding carboxylic acids is 1. The van der Waals surface area contributed by atoms with Crippen molar-refractivity contribution >= 4 is 28.9 Å². The number of aromatic carboxylic acids is 1. The summed E-state index contributed by atoms with van der Waals surface area (Å²) in [6, 6.07) is 1.63. The normalized spacial score (nSPS) is 19.6. The number of thiophene rings is 1. The summed E-state index contributed by atoms with van der Waals surface area (Å²) in [7, 11) is 0. The van der Waals surface area contributed by atoms with E-state index < -0.39 is 5.97 Å². The van der Waals surface area contributed by atoms with Gasteiger partial charge in [-0.3, -0.25) is 4.79 Å². The second kappa shape index (κ2) is 8.53. The number of rotatable bonds is 4. The van der Waals surface area contributed by atoms with E-state index in [1.165, 1.54) is 5.57 Å². The Kier molecular flexibility index (Phi) is 6.77. The van der Waals surface area contributed by atoms with E-state index in [1.807, 2.05) is 34.6 Å². The van der Waals surface area contributed by atoms with Gasteiger partial charge in [0.1, 0.15) is 4.88 Å². The first-order chi connectivity index (χ1) is 12.9. The first-order valence-corrected chi connectivity index (χ1v) is 10.6. The number of allylic oxidation sites excluding steroid dienone is 2. The van der Waals surface area contributed by atoms with E-state index in [9.17, 15) is 14.7 Å². The summed E-state index contributed by atoms with van der Waals surface area (Å²) in [6.07, 6.45) is 3.74. The lowest BCUT2D eigenvalue weighted by molar-refractivity contribution is -0.124. The fraction of sp³-hybridized carbons (Fsp3) is 0.565. The molecule has 1 aliphatic rings. The van der Waals surface area contributed by atoms with Crippen molar-refractivity contribution < 1.29 is 14.7 Å². The zero-order valence-electron chi connectivity index (χ0n) is 17.9. The molecule has 152 valence electrons. The van der Waals surface area contributed by atoms with E-state index in [4.69, 9.17) is 0 Å². The Morgan fingerprint density at radius 3 is 2.46 bits per heavy atom. The second-order valence-electron chi connectivity index (χ2n) is 9.01. The summed E-state index contributed by atoms with van der Waals surface area (Å²) in [5, 5.41) is 9.73. The number of amides is 1. The molecule has 0 aromatic carbocycles. The van der Waals surface area contributed by atoms with Gasteiger partial charge in [0.15, 0.2) is 0 Å². The van der Waals surface area contributed by atoms with Gasteiger partial charge in [0.2, 0.25) is 5.91 Å². The van der Waals surface area contributed by atoms with Gasteiger partial charge in [-0.15, -0.1) is 11.3 Å². The Morgan fingerprint density at radius 2 is 1.96 bits per heavy atom. The summed E-state index contributed by atoms with van der Waals surface area (Å²) >= 11 is 1.14. The van der Waals surface area contributed by atoms with Gasteiger partial charge in [-0.05, 0) is 66.4 Å². The molecular formula is C23H31NO3S. The van der Waals surface area contributed by atoms with Gasteiger partial charge >= 0.3 is 5.97 Å². The highest BCUT2D eigenvalue weighted by atomic mass is 32.1. The molecule has 0 bridgehead atoms. The van der Waals surface area contributed by atoms with Crippen LogP contribution >= 0.6 is 11.3 Å². The lowest BCUT2D eigenvalue weighted by atomic mass is 9.80. The van der Waals surface area contributed by atoms with Crippen molar-refractivity contribution in [1.82, 2.24) is 0 Å². The van der Waals surface area contributed by atoms with Gasteiger partial charge in [0.25, 0.3) is 0 Å². The van der Waals surface area contributed by atoms with Crippen LogP contribution in [0.1, 0.15) is 75.9 Å². The lowest BCUT2D eigenvalue weighted by Crippen LogP contribution is -2.44. The SMILES string of the molecule is CC1=CC[C@@H](C(=O)N(c2cc(C#CC(C)(C)C)sc2C(=O)O)C(C)C)[C@H](C)C1. The van der Waals surface area contributed by atoms with Crippen LogP contribution in [0.25, 0.3) is 0 Å². The van der Waals surface area contributed by atoms with Crippen molar-refractivity contribution in [3.05, 3.63) is 27.5 Å². The van der Waals surface area contributed by atoms with Crippen LogP contribution in [0, 0.1) is 29.1 Å². The predicted octanol–water partition coefficient (Wildman–Crippen LogP) is 5.58. The van der Waals surface area contributed by atoms with Crippen molar-refractivity contribution in [2.45, 2.75) is 67.3 Å². The molecule has 4 nitrogen and oxygen atoms in total. The molecule has 1 amide bonds. The monoisotopic (exact) mass is 401 g/mol. The highest BCUT2D eigenvalue weighted by molar-refractivity contribution is 7.15. The van der Waals surface area contributed by atoms with E-state index in [0.29, 0.717) is 17.0 Å². The number of nitrogens with zero attached hydrogens (tertiary/aromatic N) is 1. The molecule has 0 saturated heterocycles. The van der Waals surface area contributed by atoms with Crippen molar-refractivity contribution in [1.29, 1.82) is 0 Å². The minimum absolute atomic E-state index is 0.00174. The molecule has 5 heteroatoms. The number of carbonyl (C=O) groups is 2. The van der Waals surface area contributed by atoms with Crippen LogP contribution in [0.4, 0.5) is 5.69 Å². The molecule has 1 aliphatic carbocycles. The van der Waals surface area contributed by atoms with Gasteiger partial charge in [-0.2, -0.15) is 0 Å². The third-order valence-corrected chi connectivity index (χ3v) is 5.88. The quantitative estimate of drug-likeness (QED) is 0.529. The van der Waals surface area contributed by atoms with Crippen LogP contribution in [0.2, 0.25) is 0 Å². The van der Waals surface area contributed by atoms with Crippen molar-refractivity contribution in [2.24, 2.45) is 17.3 Å². The maximum absolute atomic E-state index is 13.4. The molecule has 0 unspecified atom stereocenters. The average molecular weight is 402 g/mol. The molecule has 2 rings (SSSR count). The largest absolute Gasteiger partial charge is 0.477 e. The molecule has 1 heterocycles. The van der Waals surface area contributed by atoms with Crippen molar-refractivity contribution in [3.63, 3.8) is 0 Å². The standard InChI is InChI=1S/C23H31NO3S/c1-14(2)24(21(25)18-9-8-15(3)12-16(18)4)19-13-17(10-11-23(5,6)7)28-20(19)22(26)27/h8,13-14,16,18H,9,12H2,1-7H3,(H,26,27)/t16-,18-/m1/s1. The molecule has 0 aliphatic heterocycles. The Balaban J connectivity index is 2.47. The van der Waals surface area contributed by atoms with Crippen LogP contribution in [-0.2, 0) is 4.79 Å². The van der Waals surface area contributed by atoms with E-state index in [1.54, 1.807) is 11.0 Å². The highest BCUT2D eigenvalue weighted by Crippen LogP contribution is 2.36. The van der Waals surface area contributed by atoms with E-state index in [-0.39, 0.29) is 34.1 Å². The van der Waals surface area contributed by atoms with Gasteiger partial charge in [0.05, 0.1) is 10.6 Å².